The van der Waals surface area contributed by atoms with Gasteiger partial charge < -0.3 is 10.1 Å². The molecule has 3 aromatic carbocycles. The normalized spacial score (nSPS) is 12.2. The van der Waals surface area contributed by atoms with Crippen LogP contribution in [0.3, 0.4) is 0 Å². The molecule has 0 aliphatic heterocycles. The van der Waals surface area contributed by atoms with E-state index in [1.807, 2.05) is 36.4 Å². The third-order valence-corrected chi connectivity index (χ3v) is 5.58. The SMILES string of the molecule is N#CCc1ccc(C=CCCNC(=O)OCC2c3ccccc3-c3ccccc32)cc1F. The van der Waals surface area contributed by atoms with E-state index < -0.39 is 6.09 Å². The molecule has 0 aromatic heterocycles. The minimum atomic E-state index is -0.452. The van der Waals surface area contributed by atoms with Gasteiger partial charge in [-0.15, -0.1) is 0 Å². The van der Waals surface area contributed by atoms with Crippen molar-refractivity contribution in [2.75, 3.05) is 13.2 Å². The highest BCUT2D eigenvalue weighted by Crippen LogP contribution is 2.44. The number of rotatable bonds is 7. The first-order chi connectivity index (χ1) is 15.7. The van der Waals surface area contributed by atoms with Crippen LogP contribution < -0.4 is 5.32 Å². The molecule has 0 fully saturated rings. The van der Waals surface area contributed by atoms with Gasteiger partial charge in [0.1, 0.15) is 12.4 Å². The highest BCUT2D eigenvalue weighted by Gasteiger charge is 2.28. The second kappa shape index (κ2) is 9.93. The van der Waals surface area contributed by atoms with E-state index >= 15 is 0 Å². The predicted octanol–water partition coefficient (Wildman–Crippen LogP) is 5.83. The molecule has 1 N–H and O–H groups in total. The number of ether oxygens (including phenoxy) is 1. The third kappa shape index (κ3) is 4.70. The second-order valence-corrected chi connectivity index (χ2v) is 7.63. The van der Waals surface area contributed by atoms with E-state index in [1.165, 1.54) is 28.3 Å². The molecular weight excluding hydrogens is 403 g/mol. The predicted molar refractivity (Wildman–Crippen MR) is 122 cm³/mol. The van der Waals surface area contributed by atoms with Crippen LogP contribution in [-0.2, 0) is 11.2 Å². The van der Waals surface area contributed by atoms with Gasteiger partial charge in [0.05, 0.1) is 12.5 Å². The Morgan fingerprint density at radius 1 is 1.06 bits per heavy atom. The summed E-state index contributed by atoms with van der Waals surface area (Å²) in [6, 6.07) is 23.2. The van der Waals surface area contributed by atoms with Crippen molar-refractivity contribution in [1.29, 1.82) is 5.26 Å². The Balaban J connectivity index is 1.25. The van der Waals surface area contributed by atoms with Gasteiger partial charge in [-0.05, 0) is 40.3 Å². The Labute approximate surface area is 187 Å². The molecule has 1 aliphatic rings. The van der Waals surface area contributed by atoms with Crippen molar-refractivity contribution < 1.29 is 13.9 Å². The number of fused-ring (bicyclic) bond motifs is 3. The number of nitrogens with one attached hydrogen (secondary N) is 1. The fraction of sp³-hybridized carbons (Fsp3) is 0.185. The summed E-state index contributed by atoms with van der Waals surface area (Å²) >= 11 is 0. The summed E-state index contributed by atoms with van der Waals surface area (Å²) < 4.78 is 19.4. The zero-order valence-corrected chi connectivity index (χ0v) is 17.6. The number of hydrogen-bond donors (Lipinski definition) is 1. The molecule has 0 bridgehead atoms. The van der Waals surface area contributed by atoms with Crippen LogP contribution in [0.4, 0.5) is 9.18 Å². The van der Waals surface area contributed by atoms with Crippen molar-refractivity contribution in [3.63, 3.8) is 0 Å². The van der Waals surface area contributed by atoms with Gasteiger partial charge in [0.15, 0.2) is 0 Å². The van der Waals surface area contributed by atoms with Crippen LogP contribution in [0.5, 0.6) is 0 Å². The quantitative estimate of drug-likeness (QED) is 0.483. The average Bonchev–Trinajstić information content (AvgIpc) is 3.13. The Kier molecular flexibility index (Phi) is 6.62. The van der Waals surface area contributed by atoms with Crippen molar-refractivity contribution >= 4 is 12.2 Å². The summed E-state index contributed by atoms with van der Waals surface area (Å²) in [6.45, 7) is 0.701. The summed E-state index contributed by atoms with van der Waals surface area (Å²) in [6.07, 6.45) is 3.85. The largest absolute Gasteiger partial charge is 0.449 e. The number of carbonyl (C=O) groups is 1. The molecule has 1 aliphatic carbocycles. The first-order valence-electron chi connectivity index (χ1n) is 10.6. The molecular formula is C27H23FN2O2. The maximum atomic E-state index is 13.9. The summed E-state index contributed by atoms with van der Waals surface area (Å²) in [7, 11) is 0. The monoisotopic (exact) mass is 426 g/mol. The average molecular weight is 426 g/mol. The van der Waals surface area contributed by atoms with Crippen molar-refractivity contribution in [3.05, 3.63) is 101 Å². The van der Waals surface area contributed by atoms with E-state index in [9.17, 15) is 9.18 Å². The van der Waals surface area contributed by atoms with E-state index in [0.29, 0.717) is 24.1 Å². The third-order valence-electron chi connectivity index (χ3n) is 5.58. The van der Waals surface area contributed by atoms with Gasteiger partial charge in [0.2, 0.25) is 0 Å². The zero-order chi connectivity index (χ0) is 22.3. The van der Waals surface area contributed by atoms with Crippen LogP contribution in [-0.4, -0.2) is 19.2 Å². The lowest BCUT2D eigenvalue weighted by Gasteiger charge is -2.14. The van der Waals surface area contributed by atoms with Gasteiger partial charge in [-0.2, -0.15) is 5.26 Å². The number of amides is 1. The van der Waals surface area contributed by atoms with Crippen molar-refractivity contribution in [2.24, 2.45) is 0 Å². The van der Waals surface area contributed by atoms with Crippen molar-refractivity contribution in [3.8, 4) is 17.2 Å². The Morgan fingerprint density at radius 2 is 1.75 bits per heavy atom. The zero-order valence-electron chi connectivity index (χ0n) is 17.6. The minimum absolute atomic E-state index is 0.0342. The van der Waals surface area contributed by atoms with Crippen LogP contribution in [0, 0.1) is 17.1 Å². The van der Waals surface area contributed by atoms with E-state index in [1.54, 1.807) is 18.2 Å². The molecule has 4 nitrogen and oxygen atoms in total. The summed E-state index contributed by atoms with van der Waals surface area (Å²) in [5.74, 6) is -0.350. The molecule has 0 radical (unpaired) electrons. The molecule has 1 amide bonds. The Bertz CT molecular complexity index is 1150. The van der Waals surface area contributed by atoms with Crippen LogP contribution in [0.2, 0.25) is 0 Å². The summed E-state index contributed by atoms with van der Waals surface area (Å²) in [5, 5.41) is 11.4. The number of hydrogen-bond acceptors (Lipinski definition) is 3. The maximum Gasteiger partial charge on any atom is 0.407 e. The summed E-state index contributed by atoms with van der Waals surface area (Å²) in [4.78, 5) is 12.2. The van der Waals surface area contributed by atoms with Crippen LogP contribution in [0.1, 0.15) is 34.6 Å². The fourth-order valence-electron chi connectivity index (χ4n) is 4.02. The van der Waals surface area contributed by atoms with E-state index in [-0.39, 0.29) is 24.8 Å². The number of halogens is 1. The molecule has 5 heteroatoms. The maximum absolute atomic E-state index is 13.9. The molecule has 4 rings (SSSR count). The molecule has 0 unspecified atom stereocenters. The van der Waals surface area contributed by atoms with Gasteiger partial charge in [0, 0.05) is 18.0 Å². The molecule has 0 saturated heterocycles. The highest BCUT2D eigenvalue weighted by molar-refractivity contribution is 5.79. The number of nitrogens with zero attached hydrogens (tertiary/aromatic N) is 1. The highest BCUT2D eigenvalue weighted by atomic mass is 19.1. The Morgan fingerprint density at radius 3 is 2.41 bits per heavy atom. The van der Waals surface area contributed by atoms with Gasteiger partial charge >= 0.3 is 6.09 Å². The van der Waals surface area contributed by atoms with Crippen molar-refractivity contribution in [2.45, 2.75) is 18.8 Å². The molecule has 0 atom stereocenters. The standard InChI is InChI=1S/C27H23FN2O2/c28-26-17-19(12-13-20(26)14-15-29)7-5-6-16-30-27(31)32-18-25-23-10-3-1-8-21(23)22-9-2-4-11-24(22)25/h1-5,7-13,17,25H,6,14,16,18H2,(H,30,31). The van der Waals surface area contributed by atoms with E-state index in [2.05, 4.69) is 29.6 Å². The summed E-state index contributed by atoms with van der Waals surface area (Å²) in [5.41, 5.74) is 5.85. The van der Waals surface area contributed by atoms with Gasteiger partial charge in [-0.25, -0.2) is 9.18 Å². The number of benzene rings is 3. The van der Waals surface area contributed by atoms with Gasteiger partial charge in [0.25, 0.3) is 0 Å². The number of carbonyl (C=O) groups excluding carboxylic acids is 1. The lowest BCUT2D eigenvalue weighted by atomic mass is 9.98. The first-order valence-corrected chi connectivity index (χ1v) is 10.6. The lowest BCUT2D eigenvalue weighted by Crippen LogP contribution is -2.26. The number of alkyl carbamates (subject to hydrolysis) is 1. The van der Waals surface area contributed by atoms with E-state index in [4.69, 9.17) is 10.00 Å². The molecule has 32 heavy (non-hydrogen) atoms. The lowest BCUT2D eigenvalue weighted by molar-refractivity contribution is 0.143. The first kappa shape index (κ1) is 21.3. The van der Waals surface area contributed by atoms with Crippen LogP contribution in [0.15, 0.2) is 72.8 Å². The molecule has 0 spiro atoms. The molecule has 160 valence electrons. The van der Waals surface area contributed by atoms with Gasteiger partial charge in [-0.1, -0.05) is 72.8 Å². The molecule has 0 saturated carbocycles. The molecule has 0 heterocycles. The van der Waals surface area contributed by atoms with E-state index in [0.717, 1.165) is 0 Å². The molecule has 3 aromatic rings. The number of nitriles is 1. The smallest absolute Gasteiger partial charge is 0.407 e. The topological polar surface area (TPSA) is 62.1 Å². The Hall–Kier alpha value is -3.91. The van der Waals surface area contributed by atoms with Crippen LogP contribution >= 0.6 is 0 Å². The van der Waals surface area contributed by atoms with Crippen molar-refractivity contribution in [1.82, 2.24) is 5.32 Å². The van der Waals surface area contributed by atoms with Crippen LogP contribution in [0.25, 0.3) is 17.2 Å². The second-order valence-electron chi connectivity index (χ2n) is 7.63. The van der Waals surface area contributed by atoms with Gasteiger partial charge in [-0.3, -0.25) is 0 Å². The fourth-order valence-corrected chi connectivity index (χ4v) is 4.02. The minimum Gasteiger partial charge on any atom is -0.449 e.